The quantitative estimate of drug-likeness (QED) is 0.735. The molecule has 4 heteroatoms. The van der Waals surface area contributed by atoms with Crippen LogP contribution >= 0.6 is 0 Å². The van der Waals surface area contributed by atoms with Crippen molar-refractivity contribution >= 4 is 0 Å². The standard InChI is InChI=1S/C12H26N2O2/c1-4-14(11(2)9-15-3)10-12(13)5-7-16-8-6-12/h11H,4-10,13H2,1-3H3. The molecule has 0 aliphatic carbocycles. The highest BCUT2D eigenvalue weighted by Gasteiger charge is 2.31. The minimum Gasteiger partial charge on any atom is -0.383 e. The van der Waals surface area contributed by atoms with Crippen LogP contribution in [0.2, 0.25) is 0 Å². The molecule has 1 saturated heterocycles. The van der Waals surface area contributed by atoms with E-state index >= 15 is 0 Å². The first kappa shape index (κ1) is 13.9. The second-order valence-electron chi connectivity index (χ2n) is 4.84. The van der Waals surface area contributed by atoms with Crippen molar-refractivity contribution in [2.75, 3.05) is 40.0 Å². The first-order valence-corrected chi connectivity index (χ1v) is 6.21. The molecule has 1 atom stereocenters. The van der Waals surface area contributed by atoms with Crippen LogP contribution in [0.15, 0.2) is 0 Å². The van der Waals surface area contributed by atoms with Gasteiger partial charge in [-0.2, -0.15) is 0 Å². The monoisotopic (exact) mass is 230 g/mol. The molecule has 1 aliphatic heterocycles. The molecule has 1 rings (SSSR count). The molecule has 1 heterocycles. The van der Waals surface area contributed by atoms with Crippen molar-refractivity contribution in [1.29, 1.82) is 0 Å². The number of rotatable bonds is 6. The van der Waals surface area contributed by atoms with Gasteiger partial charge < -0.3 is 15.2 Å². The first-order valence-electron chi connectivity index (χ1n) is 6.21. The van der Waals surface area contributed by atoms with Gasteiger partial charge in [0.2, 0.25) is 0 Å². The second kappa shape index (κ2) is 6.55. The average molecular weight is 230 g/mol. The highest BCUT2D eigenvalue weighted by molar-refractivity contribution is 4.90. The van der Waals surface area contributed by atoms with Crippen LogP contribution in [-0.2, 0) is 9.47 Å². The van der Waals surface area contributed by atoms with Gasteiger partial charge >= 0.3 is 0 Å². The Kier molecular flexibility index (Phi) is 5.69. The molecule has 0 bridgehead atoms. The topological polar surface area (TPSA) is 47.7 Å². The maximum absolute atomic E-state index is 6.41. The summed E-state index contributed by atoms with van der Waals surface area (Å²) in [5, 5.41) is 0. The minimum atomic E-state index is -0.0732. The van der Waals surface area contributed by atoms with Crippen LogP contribution in [0.4, 0.5) is 0 Å². The maximum Gasteiger partial charge on any atom is 0.0615 e. The Bertz CT molecular complexity index is 193. The number of likely N-dealkylation sites (N-methyl/N-ethyl adjacent to an activating group) is 1. The van der Waals surface area contributed by atoms with Crippen LogP contribution in [0.1, 0.15) is 26.7 Å². The van der Waals surface area contributed by atoms with E-state index in [0.717, 1.165) is 45.8 Å². The molecule has 0 aromatic carbocycles. The van der Waals surface area contributed by atoms with Gasteiger partial charge in [-0.3, -0.25) is 4.90 Å². The van der Waals surface area contributed by atoms with Gasteiger partial charge in [0.05, 0.1) is 6.61 Å². The lowest BCUT2D eigenvalue weighted by atomic mass is 9.90. The highest BCUT2D eigenvalue weighted by atomic mass is 16.5. The summed E-state index contributed by atoms with van der Waals surface area (Å²) in [6.45, 7) is 8.69. The van der Waals surface area contributed by atoms with Crippen LogP contribution in [-0.4, -0.2) is 56.5 Å². The number of nitrogens with two attached hydrogens (primary N) is 1. The van der Waals surface area contributed by atoms with Crippen LogP contribution in [0.25, 0.3) is 0 Å². The summed E-state index contributed by atoms with van der Waals surface area (Å²) >= 11 is 0. The molecule has 0 aromatic heterocycles. The van der Waals surface area contributed by atoms with E-state index in [0.29, 0.717) is 6.04 Å². The fourth-order valence-electron chi connectivity index (χ4n) is 2.27. The van der Waals surface area contributed by atoms with Crippen LogP contribution in [0.3, 0.4) is 0 Å². The van der Waals surface area contributed by atoms with Gasteiger partial charge in [-0.15, -0.1) is 0 Å². The predicted octanol–water partition coefficient (Wildman–Crippen LogP) is 0.851. The number of nitrogens with zero attached hydrogens (tertiary/aromatic N) is 1. The Balaban J connectivity index is 2.47. The zero-order valence-electron chi connectivity index (χ0n) is 10.9. The molecule has 0 spiro atoms. The third-order valence-corrected chi connectivity index (χ3v) is 3.44. The zero-order chi connectivity index (χ0) is 12.0. The van der Waals surface area contributed by atoms with Gasteiger partial charge in [0.25, 0.3) is 0 Å². The van der Waals surface area contributed by atoms with Crippen molar-refractivity contribution in [2.45, 2.75) is 38.3 Å². The number of hydrogen-bond acceptors (Lipinski definition) is 4. The van der Waals surface area contributed by atoms with E-state index in [1.54, 1.807) is 7.11 Å². The summed E-state index contributed by atoms with van der Waals surface area (Å²) in [6.07, 6.45) is 1.92. The summed E-state index contributed by atoms with van der Waals surface area (Å²) in [6, 6.07) is 0.429. The molecule has 1 fully saturated rings. The first-order chi connectivity index (χ1) is 7.61. The summed E-state index contributed by atoms with van der Waals surface area (Å²) in [5.41, 5.74) is 6.33. The third kappa shape index (κ3) is 4.01. The van der Waals surface area contributed by atoms with Gasteiger partial charge in [0.1, 0.15) is 0 Å². The Hall–Kier alpha value is -0.160. The minimum absolute atomic E-state index is 0.0732. The van der Waals surface area contributed by atoms with E-state index < -0.39 is 0 Å². The molecule has 16 heavy (non-hydrogen) atoms. The Labute approximate surface area is 99.1 Å². The summed E-state index contributed by atoms with van der Waals surface area (Å²) in [5.74, 6) is 0. The fraction of sp³-hybridized carbons (Fsp3) is 1.00. The molecule has 96 valence electrons. The summed E-state index contributed by atoms with van der Waals surface area (Å²) in [7, 11) is 1.75. The van der Waals surface area contributed by atoms with Gasteiger partial charge in [-0.1, -0.05) is 6.92 Å². The fourth-order valence-corrected chi connectivity index (χ4v) is 2.27. The van der Waals surface area contributed by atoms with E-state index in [9.17, 15) is 0 Å². The van der Waals surface area contributed by atoms with Gasteiger partial charge in [-0.25, -0.2) is 0 Å². The molecule has 4 nitrogen and oxygen atoms in total. The van der Waals surface area contributed by atoms with E-state index in [1.165, 1.54) is 0 Å². The van der Waals surface area contributed by atoms with Crippen molar-refractivity contribution < 1.29 is 9.47 Å². The molecule has 0 amide bonds. The molecule has 1 unspecified atom stereocenters. The van der Waals surface area contributed by atoms with Gasteiger partial charge in [-0.05, 0) is 26.3 Å². The molecule has 1 aliphatic rings. The number of ether oxygens (including phenoxy) is 2. The van der Waals surface area contributed by atoms with Crippen LogP contribution in [0, 0.1) is 0 Å². The third-order valence-electron chi connectivity index (χ3n) is 3.44. The van der Waals surface area contributed by atoms with Crippen molar-refractivity contribution in [3.05, 3.63) is 0 Å². The van der Waals surface area contributed by atoms with E-state index in [2.05, 4.69) is 18.7 Å². The van der Waals surface area contributed by atoms with Crippen molar-refractivity contribution in [3.8, 4) is 0 Å². The van der Waals surface area contributed by atoms with E-state index in [4.69, 9.17) is 15.2 Å². The summed E-state index contributed by atoms with van der Waals surface area (Å²) < 4.78 is 10.6. The van der Waals surface area contributed by atoms with E-state index in [1.807, 2.05) is 0 Å². The Morgan fingerprint density at radius 1 is 1.44 bits per heavy atom. The lowest BCUT2D eigenvalue weighted by molar-refractivity contribution is 0.0231. The summed E-state index contributed by atoms with van der Waals surface area (Å²) in [4.78, 5) is 2.40. The molecule has 0 saturated carbocycles. The van der Waals surface area contributed by atoms with Crippen LogP contribution in [0.5, 0.6) is 0 Å². The van der Waals surface area contributed by atoms with Gasteiger partial charge in [0.15, 0.2) is 0 Å². The van der Waals surface area contributed by atoms with Crippen molar-refractivity contribution in [1.82, 2.24) is 4.90 Å². The smallest absolute Gasteiger partial charge is 0.0615 e. The Morgan fingerprint density at radius 3 is 2.56 bits per heavy atom. The lowest BCUT2D eigenvalue weighted by Gasteiger charge is -2.39. The van der Waals surface area contributed by atoms with Crippen molar-refractivity contribution in [2.24, 2.45) is 5.73 Å². The van der Waals surface area contributed by atoms with E-state index in [-0.39, 0.29) is 5.54 Å². The molecule has 0 aromatic rings. The van der Waals surface area contributed by atoms with Crippen LogP contribution < -0.4 is 5.73 Å². The molecular weight excluding hydrogens is 204 g/mol. The normalized spacial score (nSPS) is 22.3. The number of methoxy groups -OCH3 is 1. The Morgan fingerprint density at radius 2 is 2.06 bits per heavy atom. The molecule has 2 N–H and O–H groups in total. The van der Waals surface area contributed by atoms with Gasteiger partial charge in [0, 0.05) is 38.4 Å². The lowest BCUT2D eigenvalue weighted by Crippen LogP contribution is -2.55. The largest absolute Gasteiger partial charge is 0.383 e. The molecule has 0 radical (unpaired) electrons. The predicted molar refractivity (Wildman–Crippen MR) is 65.6 cm³/mol. The van der Waals surface area contributed by atoms with Crippen molar-refractivity contribution in [3.63, 3.8) is 0 Å². The highest BCUT2D eigenvalue weighted by Crippen LogP contribution is 2.20. The second-order valence-corrected chi connectivity index (χ2v) is 4.84. The SMILES string of the molecule is CCN(CC1(N)CCOCC1)C(C)COC. The maximum atomic E-state index is 6.41. The number of hydrogen-bond donors (Lipinski definition) is 1. The average Bonchev–Trinajstić information content (AvgIpc) is 2.27. The zero-order valence-corrected chi connectivity index (χ0v) is 10.9. The molecular formula is C12H26N2O2.